The molecule has 13 heavy (non-hydrogen) atoms. The molecule has 0 rings (SSSR count). The van der Waals surface area contributed by atoms with Crippen LogP contribution in [0.25, 0.3) is 0 Å². The SMILES string of the molecule is O=CS(=O)(=O)[O-].O=CS(=O)(=O)[O-].[Mg+2]. The van der Waals surface area contributed by atoms with Gasteiger partial charge < -0.3 is 9.11 Å². The largest absolute Gasteiger partial charge is 2.00 e. The molecule has 0 N–H and O–H groups in total. The molecule has 72 valence electrons. The zero-order chi connectivity index (χ0) is 10.4. The Bertz CT molecular complexity index is 277. The average Bonchev–Trinajstić information content (AvgIpc) is 1.86. The summed E-state index contributed by atoms with van der Waals surface area (Å²) in [5.41, 5.74) is -1.29. The van der Waals surface area contributed by atoms with Crippen LogP contribution in [0.3, 0.4) is 0 Å². The Hall–Kier alpha value is -0.0738. The third-order valence-corrected chi connectivity index (χ3v) is 0.707. The molecular weight excluding hydrogens is 240 g/mol. The summed E-state index contributed by atoms with van der Waals surface area (Å²) in [6, 6.07) is 0. The van der Waals surface area contributed by atoms with E-state index in [1.807, 2.05) is 0 Å². The van der Waals surface area contributed by atoms with Gasteiger partial charge in [0.25, 0.3) is 0 Å². The van der Waals surface area contributed by atoms with Gasteiger partial charge in [-0.25, -0.2) is 16.8 Å². The topological polar surface area (TPSA) is 149 Å². The number of carbonyl (C=O) groups excluding carboxylic acids is 2. The van der Waals surface area contributed by atoms with E-state index in [-0.39, 0.29) is 23.1 Å². The molecule has 0 spiro atoms. The summed E-state index contributed by atoms with van der Waals surface area (Å²) in [5.74, 6) is 0. The molecule has 0 fully saturated rings. The monoisotopic (exact) mass is 242 g/mol. The van der Waals surface area contributed by atoms with E-state index in [9.17, 15) is 0 Å². The van der Waals surface area contributed by atoms with Crippen LogP contribution in [-0.4, -0.2) is 60.2 Å². The Morgan fingerprint density at radius 3 is 0.846 bits per heavy atom. The van der Waals surface area contributed by atoms with E-state index in [0.29, 0.717) is 0 Å². The van der Waals surface area contributed by atoms with Crippen molar-refractivity contribution in [3.63, 3.8) is 0 Å². The molecule has 0 aliphatic carbocycles. The van der Waals surface area contributed by atoms with Gasteiger partial charge in [-0.05, 0) is 0 Å². The van der Waals surface area contributed by atoms with Crippen LogP contribution in [0.5, 0.6) is 0 Å². The Morgan fingerprint density at radius 1 is 0.769 bits per heavy atom. The predicted octanol–water partition coefficient (Wildman–Crippen LogP) is -2.94. The van der Waals surface area contributed by atoms with Gasteiger partial charge in [-0.3, -0.25) is 9.59 Å². The fourth-order valence-electron chi connectivity index (χ4n) is 0. The average molecular weight is 242 g/mol. The molecule has 0 atom stereocenters. The Kier molecular flexibility index (Phi) is 10.5. The smallest absolute Gasteiger partial charge is 0.742 e. The zero-order valence-corrected chi connectivity index (χ0v) is 8.99. The van der Waals surface area contributed by atoms with Crippen molar-refractivity contribution in [3.05, 3.63) is 0 Å². The first-order valence-corrected chi connectivity index (χ1v) is 4.89. The maximum Gasteiger partial charge on any atom is 2.00 e. The van der Waals surface area contributed by atoms with E-state index in [0.717, 1.165) is 0 Å². The second-order valence-corrected chi connectivity index (χ2v) is 3.53. The van der Waals surface area contributed by atoms with Crippen LogP contribution in [0.2, 0.25) is 0 Å². The quantitative estimate of drug-likeness (QED) is 0.283. The van der Waals surface area contributed by atoms with Gasteiger partial charge in [0.05, 0.1) is 0 Å². The van der Waals surface area contributed by atoms with E-state index in [4.69, 9.17) is 35.5 Å². The van der Waals surface area contributed by atoms with Crippen LogP contribution >= 0.6 is 0 Å². The maximum atomic E-state index is 9.08. The minimum Gasteiger partial charge on any atom is -0.742 e. The van der Waals surface area contributed by atoms with Gasteiger partial charge in [0, 0.05) is 0 Å². The molecule has 0 aromatic heterocycles. The third-order valence-electron chi connectivity index (χ3n) is 0.236. The molecule has 0 amide bonds. The van der Waals surface area contributed by atoms with Crippen LogP contribution in [-0.2, 0) is 29.8 Å². The predicted molar refractivity (Wildman–Crippen MR) is 38.6 cm³/mol. The summed E-state index contributed by atoms with van der Waals surface area (Å²) in [7, 11) is -9.19. The van der Waals surface area contributed by atoms with E-state index < -0.39 is 31.5 Å². The van der Waals surface area contributed by atoms with E-state index in [1.54, 1.807) is 0 Å². The molecular formula is C2H2MgO8S2. The minimum atomic E-state index is -4.59. The molecule has 0 aliphatic rings. The first kappa shape index (κ1) is 18.7. The molecule has 0 heterocycles. The summed E-state index contributed by atoms with van der Waals surface area (Å²) in [4.78, 5) is 17.9. The number of hydrogen-bond acceptors (Lipinski definition) is 8. The van der Waals surface area contributed by atoms with E-state index in [2.05, 4.69) is 0 Å². The number of carbonyl (C=O) groups is 2. The zero-order valence-electron chi connectivity index (χ0n) is 5.94. The Balaban J connectivity index is -0.000000143. The number of rotatable bonds is 2. The van der Waals surface area contributed by atoms with Gasteiger partial charge in [0.1, 0.15) is 0 Å². The second-order valence-electron chi connectivity index (χ2n) is 1.18. The molecule has 0 aromatic rings. The fraction of sp³-hybridized carbons (Fsp3) is 0. The summed E-state index contributed by atoms with van der Waals surface area (Å²) >= 11 is 0. The second kappa shape index (κ2) is 7.34. The van der Waals surface area contributed by atoms with Crippen LogP contribution in [0.4, 0.5) is 0 Å². The van der Waals surface area contributed by atoms with Crippen LogP contribution < -0.4 is 0 Å². The molecule has 0 aromatic carbocycles. The molecule has 0 saturated heterocycles. The fourth-order valence-corrected chi connectivity index (χ4v) is 0. The summed E-state index contributed by atoms with van der Waals surface area (Å²) < 4.78 is 54.5. The van der Waals surface area contributed by atoms with Crippen molar-refractivity contribution >= 4 is 54.5 Å². The first-order chi connectivity index (χ1) is 5.12. The Labute approximate surface area is 90.0 Å². The molecule has 8 nitrogen and oxygen atoms in total. The van der Waals surface area contributed by atoms with Crippen LogP contribution in [0, 0.1) is 0 Å². The van der Waals surface area contributed by atoms with Crippen molar-refractivity contribution in [2.45, 2.75) is 0 Å². The summed E-state index contributed by atoms with van der Waals surface area (Å²) in [5, 5.41) is 0. The van der Waals surface area contributed by atoms with Gasteiger partial charge in [0.2, 0.25) is 11.2 Å². The van der Waals surface area contributed by atoms with Crippen LogP contribution in [0.1, 0.15) is 0 Å². The summed E-state index contributed by atoms with van der Waals surface area (Å²) in [6.07, 6.45) is 0. The van der Waals surface area contributed by atoms with E-state index in [1.165, 1.54) is 0 Å². The molecule has 0 saturated carbocycles. The molecule has 0 aliphatic heterocycles. The minimum absolute atomic E-state index is 0. The van der Waals surface area contributed by atoms with Crippen molar-refractivity contribution in [1.29, 1.82) is 0 Å². The molecule has 0 unspecified atom stereocenters. The third kappa shape index (κ3) is 33.5. The molecule has 0 bridgehead atoms. The first-order valence-electron chi connectivity index (χ1n) is 1.94. The number of hydrogen-bond donors (Lipinski definition) is 0. The van der Waals surface area contributed by atoms with Crippen molar-refractivity contribution < 1.29 is 35.5 Å². The van der Waals surface area contributed by atoms with Gasteiger partial charge >= 0.3 is 23.1 Å². The van der Waals surface area contributed by atoms with E-state index >= 15 is 0 Å². The van der Waals surface area contributed by atoms with Gasteiger partial charge in [-0.2, -0.15) is 0 Å². The van der Waals surface area contributed by atoms with Crippen LogP contribution in [0.15, 0.2) is 0 Å². The van der Waals surface area contributed by atoms with Crippen molar-refractivity contribution in [3.8, 4) is 0 Å². The van der Waals surface area contributed by atoms with Crippen molar-refractivity contribution in [2.75, 3.05) is 0 Å². The molecule has 0 radical (unpaired) electrons. The summed E-state index contributed by atoms with van der Waals surface area (Å²) in [6.45, 7) is 0. The molecule has 11 heteroatoms. The van der Waals surface area contributed by atoms with Crippen molar-refractivity contribution in [1.82, 2.24) is 0 Å². The normalized spacial score (nSPS) is 10.0. The van der Waals surface area contributed by atoms with Gasteiger partial charge in [-0.1, -0.05) is 0 Å². The standard InChI is InChI=1S/2CH2O4S.Mg/c2*2-1-6(3,4)5;/h2*1H,(H,3,4,5);/q;;+2/p-2. The Morgan fingerprint density at radius 2 is 0.846 bits per heavy atom. The maximum absolute atomic E-state index is 9.08. The van der Waals surface area contributed by atoms with Crippen molar-refractivity contribution in [2.24, 2.45) is 0 Å². The van der Waals surface area contributed by atoms with Gasteiger partial charge in [-0.15, -0.1) is 0 Å². The van der Waals surface area contributed by atoms with Gasteiger partial charge in [0.15, 0.2) is 20.2 Å².